The summed E-state index contributed by atoms with van der Waals surface area (Å²) >= 11 is 0. The summed E-state index contributed by atoms with van der Waals surface area (Å²) in [4.78, 5) is 2.28. The van der Waals surface area contributed by atoms with Gasteiger partial charge in [-0.25, -0.2) is 0 Å². The molecule has 1 rings (SSSR count). The lowest BCUT2D eigenvalue weighted by molar-refractivity contribution is 0.159. The lowest BCUT2D eigenvalue weighted by Crippen LogP contribution is -2.41. The zero-order valence-electron chi connectivity index (χ0n) is 8.59. The van der Waals surface area contributed by atoms with E-state index in [1.807, 2.05) is 0 Å². The highest BCUT2D eigenvalue weighted by Gasteiger charge is 2.29. The lowest BCUT2D eigenvalue weighted by atomic mass is 9.82. The molecule has 0 aromatic carbocycles. The predicted octanol–water partition coefficient (Wildman–Crippen LogP) is 2.81. The molecule has 0 amide bonds. The molecule has 1 aliphatic heterocycles. The number of hydrogen-bond acceptors (Lipinski definition) is 1. The Kier molecular flexibility index (Phi) is 2.31. The minimum Gasteiger partial charge on any atom is -0.371 e. The van der Waals surface area contributed by atoms with E-state index in [2.05, 4.69) is 51.4 Å². The third-order valence-electron chi connectivity index (χ3n) is 2.59. The van der Waals surface area contributed by atoms with Gasteiger partial charge in [-0.3, -0.25) is 0 Å². The molecule has 1 atom stereocenters. The van der Waals surface area contributed by atoms with Crippen molar-refractivity contribution in [3.05, 3.63) is 24.4 Å². The van der Waals surface area contributed by atoms with Gasteiger partial charge in [-0.2, -0.15) is 0 Å². The number of allylic oxidation sites excluding steroid dienone is 1. The molecule has 0 aliphatic carbocycles. The topological polar surface area (TPSA) is 3.24 Å². The van der Waals surface area contributed by atoms with Crippen LogP contribution < -0.4 is 0 Å². The molecule has 0 N–H and O–H groups in total. The van der Waals surface area contributed by atoms with Crippen LogP contribution in [-0.4, -0.2) is 18.0 Å². The first-order valence-electron chi connectivity index (χ1n) is 4.51. The molecule has 12 heavy (non-hydrogen) atoms. The van der Waals surface area contributed by atoms with E-state index in [-0.39, 0.29) is 0 Å². The van der Waals surface area contributed by atoms with E-state index in [0.29, 0.717) is 11.5 Å². The smallest absolute Gasteiger partial charge is 0.0369 e. The van der Waals surface area contributed by atoms with Crippen LogP contribution in [0.2, 0.25) is 0 Å². The van der Waals surface area contributed by atoms with E-state index in [0.717, 1.165) is 12.1 Å². The molecule has 0 bridgehead atoms. The van der Waals surface area contributed by atoms with Gasteiger partial charge in [0.2, 0.25) is 0 Å². The van der Waals surface area contributed by atoms with Gasteiger partial charge in [-0.15, -0.1) is 0 Å². The fourth-order valence-corrected chi connectivity index (χ4v) is 1.74. The summed E-state index contributed by atoms with van der Waals surface area (Å²) in [6, 6.07) is 0.593. The number of rotatable bonds is 0. The molecule has 1 unspecified atom stereocenters. The molecule has 68 valence electrons. The number of hydrogen-bond donors (Lipinski definition) is 0. The Balaban J connectivity index is 2.81. The Labute approximate surface area is 75.8 Å². The van der Waals surface area contributed by atoms with E-state index in [9.17, 15) is 0 Å². The molecular weight excluding hydrogens is 146 g/mol. The average molecular weight is 165 g/mol. The second-order valence-corrected chi connectivity index (χ2v) is 4.62. The maximum Gasteiger partial charge on any atom is 0.0369 e. The van der Waals surface area contributed by atoms with Crippen molar-refractivity contribution in [2.75, 3.05) is 7.05 Å². The highest BCUT2D eigenvalue weighted by atomic mass is 15.1. The summed E-state index contributed by atoms with van der Waals surface area (Å²) in [6.45, 7) is 10.8. The summed E-state index contributed by atoms with van der Waals surface area (Å²) in [5.41, 5.74) is 1.46. The van der Waals surface area contributed by atoms with Gasteiger partial charge < -0.3 is 4.90 Å². The van der Waals surface area contributed by atoms with Crippen molar-refractivity contribution in [1.29, 1.82) is 0 Å². The van der Waals surface area contributed by atoms with Gasteiger partial charge in [-0.05, 0) is 17.9 Å². The van der Waals surface area contributed by atoms with Gasteiger partial charge in [0.25, 0.3) is 0 Å². The summed E-state index contributed by atoms with van der Waals surface area (Å²) < 4.78 is 0. The second-order valence-electron chi connectivity index (χ2n) is 4.62. The molecule has 0 saturated heterocycles. The van der Waals surface area contributed by atoms with Crippen LogP contribution in [0.4, 0.5) is 0 Å². The first-order valence-corrected chi connectivity index (χ1v) is 4.51. The van der Waals surface area contributed by atoms with Crippen LogP contribution in [0.15, 0.2) is 24.4 Å². The van der Waals surface area contributed by atoms with E-state index in [4.69, 9.17) is 0 Å². The van der Waals surface area contributed by atoms with Gasteiger partial charge >= 0.3 is 0 Å². The monoisotopic (exact) mass is 165 g/mol. The third kappa shape index (κ3) is 1.71. The van der Waals surface area contributed by atoms with Crippen molar-refractivity contribution in [2.24, 2.45) is 5.41 Å². The molecule has 0 aromatic rings. The van der Waals surface area contributed by atoms with E-state index in [1.165, 1.54) is 0 Å². The molecule has 0 saturated carbocycles. The molecule has 0 aromatic heterocycles. The van der Waals surface area contributed by atoms with Crippen molar-refractivity contribution in [3.8, 4) is 0 Å². The second kappa shape index (κ2) is 2.96. The maximum atomic E-state index is 4.00. The van der Waals surface area contributed by atoms with Crippen LogP contribution in [0.25, 0.3) is 0 Å². The Bertz CT molecular complexity index is 208. The molecule has 0 fully saturated rings. The molecule has 1 heterocycles. The summed E-state index contributed by atoms with van der Waals surface area (Å²) in [5, 5.41) is 0. The van der Waals surface area contributed by atoms with Crippen LogP contribution in [0.1, 0.15) is 27.2 Å². The van der Waals surface area contributed by atoms with Crippen LogP contribution >= 0.6 is 0 Å². The zero-order valence-corrected chi connectivity index (χ0v) is 8.59. The Morgan fingerprint density at radius 2 is 2.08 bits per heavy atom. The first-order chi connectivity index (χ1) is 5.43. The molecule has 1 aliphatic rings. The Morgan fingerprint density at radius 1 is 1.50 bits per heavy atom. The quantitative estimate of drug-likeness (QED) is 0.533. The number of likely N-dealkylation sites (N-methyl/N-ethyl adjacent to an activating group) is 1. The minimum atomic E-state index is 0.336. The van der Waals surface area contributed by atoms with E-state index in [1.54, 1.807) is 0 Å². The largest absolute Gasteiger partial charge is 0.371 e. The van der Waals surface area contributed by atoms with Gasteiger partial charge in [0.1, 0.15) is 0 Å². The van der Waals surface area contributed by atoms with Gasteiger partial charge in [0, 0.05) is 18.8 Å². The van der Waals surface area contributed by atoms with Crippen molar-refractivity contribution < 1.29 is 0 Å². The van der Waals surface area contributed by atoms with E-state index >= 15 is 0 Å². The minimum absolute atomic E-state index is 0.336. The normalized spacial score (nSPS) is 24.8. The highest BCUT2D eigenvalue weighted by molar-refractivity contribution is 5.19. The van der Waals surface area contributed by atoms with Gasteiger partial charge in [0.05, 0.1) is 0 Å². The average Bonchev–Trinajstić information content (AvgIpc) is 1.92. The van der Waals surface area contributed by atoms with Crippen LogP contribution in [-0.2, 0) is 0 Å². The fraction of sp³-hybridized carbons (Fsp3) is 0.636. The predicted molar refractivity (Wildman–Crippen MR) is 53.9 cm³/mol. The van der Waals surface area contributed by atoms with Crippen molar-refractivity contribution in [3.63, 3.8) is 0 Å². The van der Waals surface area contributed by atoms with Crippen LogP contribution in [0, 0.1) is 5.41 Å². The molecule has 1 nitrogen and oxygen atoms in total. The zero-order chi connectivity index (χ0) is 9.35. The Morgan fingerprint density at radius 3 is 2.50 bits per heavy atom. The van der Waals surface area contributed by atoms with Gasteiger partial charge in [0.15, 0.2) is 0 Å². The van der Waals surface area contributed by atoms with Crippen LogP contribution in [0.3, 0.4) is 0 Å². The summed E-state index contributed by atoms with van der Waals surface area (Å²) in [6.07, 6.45) is 5.46. The molecule has 0 radical (unpaired) electrons. The van der Waals surface area contributed by atoms with E-state index < -0.39 is 0 Å². The first kappa shape index (κ1) is 9.37. The SMILES string of the molecule is C=C1C=CCC(C(C)(C)C)N1C. The number of nitrogens with zero attached hydrogens (tertiary/aromatic N) is 1. The third-order valence-corrected chi connectivity index (χ3v) is 2.59. The Hall–Kier alpha value is -0.720. The van der Waals surface area contributed by atoms with Crippen molar-refractivity contribution in [2.45, 2.75) is 33.2 Å². The standard InChI is InChI=1S/C11H19N/c1-9-7-6-8-10(12(9)5)11(2,3)4/h6-7,10H,1,8H2,2-5H3. The fourth-order valence-electron chi connectivity index (χ4n) is 1.74. The maximum absolute atomic E-state index is 4.00. The summed E-state index contributed by atoms with van der Waals surface area (Å²) in [7, 11) is 2.13. The molecule has 0 spiro atoms. The highest BCUT2D eigenvalue weighted by Crippen LogP contribution is 2.31. The van der Waals surface area contributed by atoms with Crippen molar-refractivity contribution >= 4 is 0 Å². The van der Waals surface area contributed by atoms with Crippen molar-refractivity contribution in [1.82, 2.24) is 4.90 Å². The summed E-state index contributed by atoms with van der Waals surface area (Å²) in [5.74, 6) is 0. The van der Waals surface area contributed by atoms with Gasteiger partial charge in [-0.1, -0.05) is 33.4 Å². The molecular formula is C11H19N. The molecule has 1 heteroatoms. The van der Waals surface area contributed by atoms with Crippen LogP contribution in [0.5, 0.6) is 0 Å². The lowest BCUT2D eigenvalue weighted by Gasteiger charge is -2.41.